The predicted molar refractivity (Wildman–Crippen MR) is 66.6 cm³/mol. The number of nitrogens with one attached hydrogen (secondary N) is 1. The molecule has 1 aliphatic heterocycles. The Labute approximate surface area is 102 Å². The van der Waals surface area contributed by atoms with E-state index in [1.54, 1.807) is 0 Å². The van der Waals surface area contributed by atoms with Crippen LogP contribution in [0.3, 0.4) is 0 Å². The molecule has 17 heavy (non-hydrogen) atoms. The van der Waals surface area contributed by atoms with E-state index in [0.29, 0.717) is 5.76 Å². The molecule has 1 saturated heterocycles. The fourth-order valence-corrected chi connectivity index (χ4v) is 2.26. The summed E-state index contributed by atoms with van der Waals surface area (Å²) in [5, 5.41) is 12.4. The lowest BCUT2D eigenvalue weighted by Gasteiger charge is -2.33. The van der Waals surface area contributed by atoms with Gasteiger partial charge in [-0.05, 0) is 18.6 Å². The van der Waals surface area contributed by atoms with Gasteiger partial charge in [0.15, 0.2) is 0 Å². The van der Waals surface area contributed by atoms with E-state index in [0.717, 1.165) is 38.4 Å². The van der Waals surface area contributed by atoms with Crippen molar-refractivity contribution in [3.05, 3.63) is 36.3 Å². The van der Waals surface area contributed by atoms with Gasteiger partial charge in [-0.1, -0.05) is 6.08 Å². The first-order chi connectivity index (χ1) is 8.35. The van der Waals surface area contributed by atoms with Crippen LogP contribution in [0.4, 0.5) is 0 Å². The van der Waals surface area contributed by atoms with Crippen LogP contribution >= 0.6 is 0 Å². The molecule has 2 N–H and O–H groups in total. The highest BCUT2D eigenvalue weighted by Gasteiger charge is 2.23. The Kier molecular flexibility index (Phi) is 4.36. The molecule has 1 atom stereocenters. The lowest BCUT2D eigenvalue weighted by Crippen LogP contribution is -2.45. The molecule has 2 rings (SSSR count). The van der Waals surface area contributed by atoms with E-state index < -0.39 is 0 Å². The monoisotopic (exact) mass is 236 g/mol. The van der Waals surface area contributed by atoms with Crippen molar-refractivity contribution in [2.45, 2.75) is 19.1 Å². The van der Waals surface area contributed by atoms with E-state index in [-0.39, 0.29) is 12.6 Å². The predicted octanol–water partition coefficient (Wildman–Crippen LogP) is 1.29. The zero-order valence-corrected chi connectivity index (χ0v) is 10.1. The van der Waals surface area contributed by atoms with Gasteiger partial charge < -0.3 is 14.8 Å². The maximum atomic E-state index is 9.04. The molecule has 1 fully saturated rings. The third-order valence-electron chi connectivity index (χ3n) is 3.15. The van der Waals surface area contributed by atoms with Gasteiger partial charge in [-0.3, -0.25) is 4.90 Å². The van der Waals surface area contributed by atoms with Crippen molar-refractivity contribution in [1.29, 1.82) is 0 Å². The molecule has 1 aromatic rings. The van der Waals surface area contributed by atoms with Crippen LogP contribution in [0.15, 0.2) is 29.2 Å². The minimum atomic E-state index is -0.0393. The largest absolute Gasteiger partial charge is 0.462 e. The Bertz CT molecular complexity index is 356. The Balaban J connectivity index is 2.11. The first kappa shape index (κ1) is 12.4. The third kappa shape index (κ3) is 2.97. The molecule has 2 heterocycles. The Morgan fingerprint density at radius 2 is 2.24 bits per heavy atom. The smallest absolute Gasteiger partial charge is 0.129 e. The molecule has 0 amide bonds. The number of aliphatic hydroxyl groups is 1. The van der Waals surface area contributed by atoms with E-state index in [2.05, 4.69) is 16.8 Å². The summed E-state index contributed by atoms with van der Waals surface area (Å²) >= 11 is 0. The van der Waals surface area contributed by atoms with Gasteiger partial charge in [0.05, 0.1) is 6.04 Å². The van der Waals surface area contributed by atoms with Crippen LogP contribution in [0.5, 0.6) is 0 Å². The van der Waals surface area contributed by atoms with Gasteiger partial charge in [0, 0.05) is 26.2 Å². The minimum absolute atomic E-state index is 0.0393. The standard InChI is InChI=1S/C13H20N2O2/c1-2-3-12(15-8-6-14-7-9-15)13-5-4-11(10-16)17-13/h2,4-5,12,14,16H,1,3,6-10H2/t12-/m1/s1. The number of furan rings is 1. The summed E-state index contributed by atoms with van der Waals surface area (Å²) in [5.74, 6) is 1.56. The molecule has 4 nitrogen and oxygen atoms in total. The van der Waals surface area contributed by atoms with Crippen LogP contribution in [0.2, 0.25) is 0 Å². The van der Waals surface area contributed by atoms with Crippen LogP contribution in [-0.2, 0) is 6.61 Å². The van der Waals surface area contributed by atoms with Crippen LogP contribution in [0.1, 0.15) is 24.0 Å². The summed E-state index contributed by atoms with van der Waals surface area (Å²) in [6, 6.07) is 4.05. The molecule has 0 radical (unpaired) electrons. The number of aliphatic hydroxyl groups excluding tert-OH is 1. The van der Waals surface area contributed by atoms with Crippen molar-refractivity contribution in [3.8, 4) is 0 Å². The van der Waals surface area contributed by atoms with Gasteiger partial charge in [-0.25, -0.2) is 0 Å². The molecule has 0 saturated carbocycles. The lowest BCUT2D eigenvalue weighted by atomic mass is 10.1. The van der Waals surface area contributed by atoms with E-state index in [4.69, 9.17) is 9.52 Å². The second-order valence-electron chi connectivity index (χ2n) is 4.29. The topological polar surface area (TPSA) is 48.6 Å². The van der Waals surface area contributed by atoms with Crippen molar-refractivity contribution in [1.82, 2.24) is 10.2 Å². The Morgan fingerprint density at radius 3 is 2.82 bits per heavy atom. The van der Waals surface area contributed by atoms with Crippen molar-refractivity contribution < 1.29 is 9.52 Å². The van der Waals surface area contributed by atoms with Crippen molar-refractivity contribution in [2.24, 2.45) is 0 Å². The first-order valence-electron chi connectivity index (χ1n) is 6.10. The highest BCUT2D eigenvalue weighted by molar-refractivity contribution is 5.12. The molecular weight excluding hydrogens is 216 g/mol. The molecule has 0 unspecified atom stereocenters. The first-order valence-corrected chi connectivity index (χ1v) is 6.10. The van der Waals surface area contributed by atoms with Crippen molar-refractivity contribution in [2.75, 3.05) is 26.2 Å². The normalized spacial score (nSPS) is 19.1. The zero-order valence-electron chi connectivity index (χ0n) is 10.1. The SMILES string of the molecule is C=CC[C@H](c1ccc(CO)o1)N1CCNCC1. The number of nitrogens with zero attached hydrogens (tertiary/aromatic N) is 1. The maximum Gasteiger partial charge on any atom is 0.129 e. The molecular formula is C13H20N2O2. The van der Waals surface area contributed by atoms with E-state index in [1.165, 1.54) is 0 Å². The summed E-state index contributed by atoms with van der Waals surface area (Å²) in [6.45, 7) is 7.85. The Hall–Kier alpha value is -1.10. The average molecular weight is 236 g/mol. The van der Waals surface area contributed by atoms with Crippen LogP contribution in [-0.4, -0.2) is 36.2 Å². The Morgan fingerprint density at radius 1 is 1.47 bits per heavy atom. The highest BCUT2D eigenvalue weighted by atomic mass is 16.4. The quantitative estimate of drug-likeness (QED) is 0.756. The summed E-state index contributed by atoms with van der Waals surface area (Å²) in [7, 11) is 0. The van der Waals surface area contributed by atoms with Crippen molar-refractivity contribution >= 4 is 0 Å². The van der Waals surface area contributed by atoms with E-state index in [9.17, 15) is 0 Å². The lowest BCUT2D eigenvalue weighted by molar-refractivity contribution is 0.150. The fourth-order valence-electron chi connectivity index (χ4n) is 2.26. The molecule has 1 aliphatic rings. The molecule has 0 aromatic carbocycles. The van der Waals surface area contributed by atoms with Crippen LogP contribution in [0.25, 0.3) is 0 Å². The van der Waals surface area contributed by atoms with Gasteiger partial charge in [0.1, 0.15) is 18.1 Å². The highest BCUT2D eigenvalue weighted by Crippen LogP contribution is 2.26. The summed E-state index contributed by atoms with van der Waals surface area (Å²) in [6.07, 6.45) is 2.80. The number of piperazine rings is 1. The molecule has 0 aliphatic carbocycles. The molecule has 94 valence electrons. The van der Waals surface area contributed by atoms with Gasteiger partial charge in [0.25, 0.3) is 0 Å². The number of hydrogen-bond acceptors (Lipinski definition) is 4. The summed E-state index contributed by atoms with van der Waals surface area (Å²) < 4.78 is 5.64. The second-order valence-corrected chi connectivity index (χ2v) is 4.29. The maximum absolute atomic E-state index is 9.04. The van der Waals surface area contributed by atoms with Crippen molar-refractivity contribution in [3.63, 3.8) is 0 Å². The number of hydrogen-bond donors (Lipinski definition) is 2. The van der Waals surface area contributed by atoms with E-state index >= 15 is 0 Å². The molecule has 0 spiro atoms. The molecule has 4 heteroatoms. The fraction of sp³-hybridized carbons (Fsp3) is 0.538. The third-order valence-corrected chi connectivity index (χ3v) is 3.15. The molecule has 1 aromatic heterocycles. The average Bonchev–Trinajstić information content (AvgIpc) is 2.85. The molecule has 0 bridgehead atoms. The zero-order chi connectivity index (χ0) is 12.1. The van der Waals surface area contributed by atoms with Gasteiger partial charge in [-0.2, -0.15) is 0 Å². The van der Waals surface area contributed by atoms with Gasteiger partial charge in [0.2, 0.25) is 0 Å². The number of rotatable bonds is 5. The van der Waals surface area contributed by atoms with E-state index in [1.807, 2.05) is 18.2 Å². The summed E-state index contributed by atoms with van der Waals surface area (Å²) in [4.78, 5) is 2.40. The van der Waals surface area contributed by atoms with Gasteiger partial charge in [-0.15, -0.1) is 6.58 Å². The summed E-state index contributed by atoms with van der Waals surface area (Å²) in [5.41, 5.74) is 0. The second kappa shape index (κ2) is 6.00. The van der Waals surface area contributed by atoms with Crippen LogP contribution in [0, 0.1) is 0 Å². The van der Waals surface area contributed by atoms with Crippen LogP contribution < -0.4 is 5.32 Å². The minimum Gasteiger partial charge on any atom is -0.462 e. The van der Waals surface area contributed by atoms with Gasteiger partial charge >= 0.3 is 0 Å².